The molecule has 2 aromatic rings. The summed E-state index contributed by atoms with van der Waals surface area (Å²) in [4.78, 5) is 34.4. The van der Waals surface area contributed by atoms with Crippen molar-refractivity contribution in [1.82, 2.24) is 0 Å². The molecular weight excluding hydrogens is 346 g/mol. The van der Waals surface area contributed by atoms with E-state index in [1.165, 1.54) is 6.07 Å². The molecular formula is C18H16ClNO5. The van der Waals surface area contributed by atoms with Crippen molar-refractivity contribution in [3.8, 4) is 0 Å². The average Bonchev–Trinajstić information content (AvgIpc) is 2.59. The number of hydrogen-bond donors (Lipinski definition) is 0. The first-order valence-corrected chi connectivity index (χ1v) is 7.91. The van der Waals surface area contributed by atoms with E-state index in [2.05, 4.69) is 0 Å². The summed E-state index contributed by atoms with van der Waals surface area (Å²) in [6.45, 7) is 3.57. The molecule has 0 radical (unpaired) electrons. The lowest BCUT2D eigenvalue weighted by molar-refractivity contribution is -0.385. The molecule has 130 valence electrons. The highest BCUT2D eigenvalue weighted by atomic mass is 35.5. The van der Waals surface area contributed by atoms with Crippen molar-refractivity contribution in [1.29, 1.82) is 0 Å². The number of carbonyl (C=O) groups is 2. The van der Waals surface area contributed by atoms with E-state index in [1.807, 2.05) is 26.0 Å². The van der Waals surface area contributed by atoms with Gasteiger partial charge in [-0.1, -0.05) is 49.7 Å². The fourth-order valence-corrected chi connectivity index (χ4v) is 2.35. The topological polar surface area (TPSA) is 86.5 Å². The monoisotopic (exact) mass is 361 g/mol. The quantitative estimate of drug-likeness (QED) is 0.329. The number of carbonyl (C=O) groups excluding carboxylic acids is 2. The lowest BCUT2D eigenvalue weighted by Gasteiger charge is -2.07. The molecule has 0 spiro atoms. The Kier molecular flexibility index (Phi) is 5.88. The third kappa shape index (κ3) is 4.64. The first-order chi connectivity index (χ1) is 11.8. The molecule has 6 nitrogen and oxygen atoms in total. The summed E-state index contributed by atoms with van der Waals surface area (Å²) in [5, 5.41) is 11.1. The number of ether oxygens (including phenoxy) is 1. The van der Waals surface area contributed by atoms with Gasteiger partial charge in [0.05, 0.1) is 4.92 Å². The molecule has 0 aromatic heterocycles. The fourth-order valence-electron chi connectivity index (χ4n) is 2.18. The molecule has 0 heterocycles. The van der Waals surface area contributed by atoms with Gasteiger partial charge in [0, 0.05) is 16.7 Å². The Balaban J connectivity index is 2.08. The zero-order valence-electron chi connectivity index (χ0n) is 13.7. The van der Waals surface area contributed by atoms with Crippen molar-refractivity contribution >= 4 is 29.0 Å². The van der Waals surface area contributed by atoms with E-state index >= 15 is 0 Å². The second-order valence-corrected chi connectivity index (χ2v) is 6.13. The lowest BCUT2D eigenvalue weighted by Crippen LogP contribution is -2.15. The van der Waals surface area contributed by atoms with Crippen molar-refractivity contribution in [3.05, 3.63) is 74.3 Å². The molecule has 0 amide bonds. The van der Waals surface area contributed by atoms with Crippen LogP contribution in [0, 0.1) is 10.1 Å². The maximum atomic E-state index is 12.1. The van der Waals surface area contributed by atoms with Gasteiger partial charge in [-0.2, -0.15) is 0 Å². The van der Waals surface area contributed by atoms with Crippen molar-refractivity contribution < 1.29 is 19.2 Å². The number of ketones is 1. The molecule has 0 fully saturated rings. The number of nitro groups is 1. The van der Waals surface area contributed by atoms with Gasteiger partial charge in [-0.15, -0.1) is 0 Å². The van der Waals surface area contributed by atoms with E-state index < -0.39 is 29.0 Å². The predicted octanol–water partition coefficient (Wildman–Crippen LogP) is 4.41. The Morgan fingerprint density at radius 3 is 2.36 bits per heavy atom. The maximum Gasteiger partial charge on any atom is 0.345 e. The molecule has 0 aliphatic rings. The summed E-state index contributed by atoms with van der Waals surface area (Å²) in [5.74, 6) is -1.03. The number of halogens is 1. The van der Waals surface area contributed by atoms with Gasteiger partial charge in [0.2, 0.25) is 0 Å². The van der Waals surface area contributed by atoms with E-state index in [0.717, 1.165) is 17.7 Å². The highest BCUT2D eigenvalue weighted by Gasteiger charge is 2.22. The Labute approximate surface area is 149 Å². The van der Waals surface area contributed by atoms with Gasteiger partial charge in [-0.05, 0) is 23.6 Å². The minimum Gasteiger partial charge on any atom is -0.454 e. The summed E-state index contributed by atoms with van der Waals surface area (Å²) >= 11 is 5.77. The number of benzene rings is 2. The van der Waals surface area contributed by atoms with Gasteiger partial charge < -0.3 is 4.74 Å². The van der Waals surface area contributed by atoms with Crippen LogP contribution < -0.4 is 0 Å². The maximum absolute atomic E-state index is 12.1. The van der Waals surface area contributed by atoms with Crippen LogP contribution in [-0.2, 0) is 4.74 Å². The van der Waals surface area contributed by atoms with Gasteiger partial charge in [0.25, 0.3) is 5.69 Å². The highest BCUT2D eigenvalue weighted by molar-refractivity contribution is 6.31. The third-order valence-corrected chi connectivity index (χ3v) is 3.84. The summed E-state index contributed by atoms with van der Waals surface area (Å²) in [6, 6.07) is 10.6. The molecule has 0 N–H and O–H groups in total. The minimum absolute atomic E-state index is 0.160. The van der Waals surface area contributed by atoms with Gasteiger partial charge in [-0.25, -0.2) is 4.79 Å². The van der Waals surface area contributed by atoms with Gasteiger partial charge in [-0.3, -0.25) is 14.9 Å². The highest BCUT2D eigenvalue weighted by Crippen LogP contribution is 2.23. The largest absolute Gasteiger partial charge is 0.454 e. The first kappa shape index (κ1) is 18.6. The normalized spacial score (nSPS) is 10.6. The molecule has 2 rings (SSSR count). The van der Waals surface area contributed by atoms with Crippen molar-refractivity contribution in [3.63, 3.8) is 0 Å². The van der Waals surface area contributed by atoms with Crippen LogP contribution in [0.1, 0.15) is 46.0 Å². The smallest absolute Gasteiger partial charge is 0.345 e. The van der Waals surface area contributed by atoms with Gasteiger partial charge in [0.15, 0.2) is 12.4 Å². The summed E-state index contributed by atoms with van der Waals surface area (Å²) in [6.07, 6.45) is 0. The number of Topliss-reactive ketones (excluding diaryl/α,β-unsaturated/α-hetero) is 1. The van der Waals surface area contributed by atoms with E-state index in [0.29, 0.717) is 11.5 Å². The number of nitro benzene ring substituents is 1. The van der Waals surface area contributed by atoms with E-state index in [4.69, 9.17) is 16.3 Å². The van der Waals surface area contributed by atoms with Crippen LogP contribution in [0.2, 0.25) is 5.02 Å². The summed E-state index contributed by atoms with van der Waals surface area (Å²) in [5.41, 5.74) is 0.768. The van der Waals surface area contributed by atoms with Crippen LogP contribution in [0.15, 0.2) is 42.5 Å². The van der Waals surface area contributed by atoms with E-state index in [9.17, 15) is 19.7 Å². The second-order valence-electron chi connectivity index (χ2n) is 5.69. The van der Waals surface area contributed by atoms with Crippen LogP contribution in [0.4, 0.5) is 5.69 Å². The van der Waals surface area contributed by atoms with Crippen LogP contribution >= 0.6 is 11.6 Å². The van der Waals surface area contributed by atoms with E-state index in [-0.39, 0.29) is 10.6 Å². The molecule has 0 aliphatic heterocycles. The Bertz CT molecular complexity index is 815. The number of rotatable bonds is 6. The molecule has 0 saturated carbocycles. The number of esters is 1. The first-order valence-electron chi connectivity index (χ1n) is 7.54. The molecule has 7 heteroatoms. The number of hydrogen-bond acceptors (Lipinski definition) is 5. The average molecular weight is 362 g/mol. The van der Waals surface area contributed by atoms with Crippen molar-refractivity contribution in [2.45, 2.75) is 19.8 Å². The molecule has 0 bridgehead atoms. The zero-order chi connectivity index (χ0) is 18.6. The Hall–Kier alpha value is -2.73. The molecule has 0 saturated heterocycles. The van der Waals surface area contributed by atoms with Crippen LogP contribution in [-0.4, -0.2) is 23.3 Å². The van der Waals surface area contributed by atoms with Gasteiger partial charge in [0.1, 0.15) is 5.56 Å². The molecule has 25 heavy (non-hydrogen) atoms. The molecule has 0 atom stereocenters. The Morgan fingerprint density at radius 1 is 1.16 bits per heavy atom. The molecule has 0 unspecified atom stereocenters. The van der Waals surface area contributed by atoms with E-state index in [1.54, 1.807) is 12.1 Å². The lowest BCUT2D eigenvalue weighted by atomic mass is 10.0. The van der Waals surface area contributed by atoms with Crippen LogP contribution in [0.3, 0.4) is 0 Å². The Morgan fingerprint density at radius 2 is 1.80 bits per heavy atom. The second kappa shape index (κ2) is 7.90. The van der Waals surface area contributed by atoms with Crippen LogP contribution in [0.5, 0.6) is 0 Å². The number of nitrogens with zero attached hydrogens (tertiary/aromatic N) is 1. The van der Waals surface area contributed by atoms with Gasteiger partial charge >= 0.3 is 5.97 Å². The standard InChI is InChI=1S/C18H16ClNO5/c1-11(2)12-3-5-13(6-4-12)17(21)10-25-18(22)15-9-14(19)7-8-16(15)20(23)24/h3-9,11H,10H2,1-2H3. The third-order valence-electron chi connectivity index (χ3n) is 3.61. The van der Waals surface area contributed by atoms with Crippen molar-refractivity contribution in [2.24, 2.45) is 0 Å². The fraction of sp³-hybridized carbons (Fsp3) is 0.222. The SMILES string of the molecule is CC(C)c1ccc(C(=O)COC(=O)c2cc(Cl)ccc2[N+](=O)[O-])cc1. The minimum atomic E-state index is -0.971. The van der Waals surface area contributed by atoms with Crippen molar-refractivity contribution in [2.75, 3.05) is 6.61 Å². The van der Waals surface area contributed by atoms with Crippen LogP contribution in [0.25, 0.3) is 0 Å². The predicted molar refractivity (Wildman–Crippen MR) is 93.3 cm³/mol. The molecule has 0 aliphatic carbocycles. The summed E-state index contributed by atoms with van der Waals surface area (Å²) < 4.78 is 4.92. The molecule has 2 aromatic carbocycles. The summed E-state index contributed by atoms with van der Waals surface area (Å²) in [7, 11) is 0. The zero-order valence-corrected chi connectivity index (χ0v) is 14.4.